The normalized spacial score (nSPS) is 12.8. The van der Waals surface area contributed by atoms with Crippen LogP contribution in [0.3, 0.4) is 0 Å². The summed E-state index contributed by atoms with van der Waals surface area (Å²) in [6, 6.07) is 7.26. The van der Waals surface area contributed by atoms with Crippen LogP contribution in [-0.2, 0) is 0 Å². The van der Waals surface area contributed by atoms with E-state index in [1.54, 1.807) is 11.8 Å². The zero-order valence-corrected chi connectivity index (χ0v) is 13.4. The lowest BCUT2D eigenvalue weighted by atomic mass is 10.2. The third-order valence-corrected chi connectivity index (χ3v) is 3.70. The first-order chi connectivity index (χ1) is 9.34. The predicted octanol–water partition coefficient (Wildman–Crippen LogP) is 3.47. The summed E-state index contributed by atoms with van der Waals surface area (Å²) in [7, 11) is 0. The van der Waals surface area contributed by atoms with Gasteiger partial charge in [-0.3, -0.25) is 0 Å². The molecule has 0 aliphatic carbocycles. The minimum atomic E-state index is -0.290. The van der Waals surface area contributed by atoms with Crippen molar-refractivity contribution in [2.24, 2.45) is 0 Å². The molecule has 0 fully saturated rings. The third-order valence-electron chi connectivity index (χ3n) is 2.58. The number of urea groups is 1. The molecule has 1 aromatic carbocycles. The van der Waals surface area contributed by atoms with E-state index >= 15 is 0 Å². The first-order valence-electron chi connectivity index (χ1n) is 6.81. The molecule has 2 amide bonds. The molecule has 0 saturated heterocycles. The second-order valence-electron chi connectivity index (χ2n) is 5.63. The second kappa shape index (κ2) is 7.55. The summed E-state index contributed by atoms with van der Waals surface area (Å²) in [6.07, 6.45) is 0.699. The van der Waals surface area contributed by atoms with Gasteiger partial charge in [-0.05, 0) is 30.7 Å². The maximum Gasteiger partial charge on any atom is 0.319 e. The molecule has 0 aliphatic heterocycles. The number of anilines is 1. The molecular formula is C15H24N2O2S. The van der Waals surface area contributed by atoms with Gasteiger partial charge in [0.2, 0.25) is 0 Å². The van der Waals surface area contributed by atoms with Gasteiger partial charge in [0, 0.05) is 15.3 Å². The van der Waals surface area contributed by atoms with Gasteiger partial charge in [-0.2, -0.15) is 0 Å². The fourth-order valence-corrected chi connectivity index (χ4v) is 2.57. The summed E-state index contributed by atoms with van der Waals surface area (Å²) < 4.78 is 0.168. The van der Waals surface area contributed by atoms with Crippen molar-refractivity contribution < 1.29 is 9.90 Å². The van der Waals surface area contributed by atoms with Crippen LogP contribution in [0.25, 0.3) is 0 Å². The maximum absolute atomic E-state index is 11.7. The van der Waals surface area contributed by atoms with Crippen LogP contribution in [0, 0.1) is 0 Å². The molecule has 0 aromatic heterocycles. The third kappa shape index (κ3) is 6.30. The van der Waals surface area contributed by atoms with Crippen LogP contribution >= 0.6 is 11.8 Å². The number of amides is 2. The topological polar surface area (TPSA) is 61.4 Å². The zero-order valence-electron chi connectivity index (χ0n) is 12.6. The first-order valence-corrected chi connectivity index (χ1v) is 7.63. The number of thioether (sulfide) groups is 1. The molecule has 0 radical (unpaired) electrons. The minimum Gasteiger partial charge on any atom is -0.394 e. The van der Waals surface area contributed by atoms with Crippen molar-refractivity contribution in [3.63, 3.8) is 0 Å². The lowest BCUT2D eigenvalue weighted by molar-refractivity contribution is 0.222. The lowest BCUT2D eigenvalue weighted by Crippen LogP contribution is -2.39. The van der Waals surface area contributed by atoms with E-state index in [-0.39, 0.29) is 23.4 Å². The summed E-state index contributed by atoms with van der Waals surface area (Å²) in [5.41, 5.74) is 0.744. The van der Waals surface area contributed by atoms with Crippen molar-refractivity contribution >= 4 is 23.5 Å². The quantitative estimate of drug-likeness (QED) is 0.729. The Balaban J connectivity index is 2.55. The van der Waals surface area contributed by atoms with Crippen LogP contribution in [-0.4, -0.2) is 28.5 Å². The highest BCUT2D eigenvalue weighted by molar-refractivity contribution is 8.00. The van der Waals surface area contributed by atoms with Crippen LogP contribution in [0.15, 0.2) is 29.2 Å². The van der Waals surface area contributed by atoms with E-state index < -0.39 is 0 Å². The Morgan fingerprint density at radius 1 is 1.30 bits per heavy atom. The van der Waals surface area contributed by atoms with E-state index in [1.807, 2.05) is 31.2 Å². The Labute approximate surface area is 125 Å². The van der Waals surface area contributed by atoms with Crippen molar-refractivity contribution in [1.29, 1.82) is 0 Å². The smallest absolute Gasteiger partial charge is 0.319 e. The average Bonchev–Trinajstić information content (AvgIpc) is 2.36. The number of benzene rings is 1. The summed E-state index contributed by atoms with van der Waals surface area (Å²) in [4.78, 5) is 12.9. The molecule has 3 N–H and O–H groups in total. The largest absolute Gasteiger partial charge is 0.394 e. The SMILES string of the molecule is CCC(CO)NC(=O)Nc1ccc(SC(C)(C)C)cc1. The van der Waals surface area contributed by atoms with Gasteiger partial charge in [0.05, 0.1) is 12.6 Å². The average molecular weight is 296 g/mol. The molecule has 0 aliphatic rings. The van der Waals surface area contributed by atoms with Crippen LogP contribution < -0.4 is 10.6 Å². The second-order valence-corrected chi connectivity index (χ2v) is 7.53. The van der Waals surface area contributed by atoms with Crippen molar-refractivity contribution in [1.82, 2.24) is 5.32 Å². The zero-order chi connectivity index (χ0) is 15.2. The van der Waals surface area contributed by atoms with Gasteiger partial charge in [-0.1, -0.05) is 27.7 Å². The van der Waals surface area contributed by atoms with Crippen molar-refractivity contribution in [3.8, 4) is 0 Å². The van der Waals surface area contributed by atoms with Crippen molar-refractivity contribution in [2.75, 3.05) is 11.9 Å². The molecule has 0 heterocycles. The fourth-order valence-electron chi connectivity index (χ4n) is 1.59. The molecular weight excluding hydrogens is 272 g/mol. The number of carbonyl (C=O) groups excluding carboxylic acids is 1. The van der Waals surface area contributed by atoms with E-state index in [9.17, 15) is 4.79 Å². The van der Waals surface area contributed by atoms with Gasteiger partial charge in [-0.25, -0.2) is 4.79 Å². The number of aliphatic hydroxyl groups is 1. The van der Waals surface area contributed by atoms with Gasteiger partial charge < -0.3 is 15.7 Å². The molecule has 0 bridgehead atoms. The highest BCUT2D eigenvalue weighted by atomic mass is 32.2. The van der Waals surface area contributed by atoms with Gasteiger partial charge >= 0.3 is 6.03 Å². The summed E-state index contributed by atoms with van der Waals surface area (Å²) in [5.74, 6) is 0. The number of hydrogen-bond acceptors (Lipinski definition) is 3. The van der Waals surface area contributed by atoms with E-state index in [4.69, 9.17) is 5.11 Å². The van der Waals surface area contributed by atoms with Gasteiger partial charge in [0.15, 0.2) is 0 Å². The fraction of sp³-hybridized carbons (Fsp3) is 0.533. The molecule has 1 unspecified atom stereocenters. The molecule has 1 aromatic rings. The summed E-state index contributed by atoms with van der Waals surface area (Å²) >= 11 is 1.78. The predicted molar refractivity (Wildman–Crippen MR) is 85.4 cm³/mol. The van der Waals surface area contributed by atoms with Crippen molar-refractivity contribution in [2.45, 2.75) is 49.8 Å². The van der Waals surface area contributed by atoms with Crippen LogP contribution in [0.2, 0.25) is 0 Å². The first kappa shape index (κ1) is 16.9. The number of rotatable bonds is 5. The van der Waals surface area contributed by atoms with E-state index in [1.165, 1.54) is 4.90 Å². The lowest BCUT2D eigenvalue weighted by Gasteiger charge is -2.18. The number of carbonyl (C=O) groups is 1. The summed E-state index contributed by atoms with van der Waals surface area (Å²) in [6.45, 7) is 8.36. The van der Waals surface area contributed by atoms with E-state index in [0.717, 1.165) is 5.69 Å². The van der Waals surface area contributed by atoms with Gasteiger partial charge in [0.1, 0.15) is 0 Å². The van der Waals surface area contributed by atoms with Crippen molar-refractivity contribution in [3.05, 3.63) is 24.3 Å². The Bertz CT molecular complexity index is 422. The maximum atomic E-state index is 11.7. The number of aliphatic hydroxyl groups excluding tert-OH is 1. The molecule has 5 heteroatoms. The molecule has 4 nitrogen and oxygen atoms in total. The Hall–Kier alpha value is -1.20. The highest BCUT2D eigenvalue weighted by Crippen LogP contribution is 2.32. The minimum absolute atomic E-state index is 0.0505. The summed E-state index contributed by atoms with van der Waals surface area (Å²) in [5, 5.41) is 14.5. The van der Waals surface area contributed by atoms with E-state index in [0.29, 0.717) is 6.42 Å². The highest BCUT2D eigenvalue weighted by Gasteiger charge is 2.12. The van der Waals surface area contributed by atoms with Gasteiger partial charge in [-0.15, -0.1) is 11.8 Å². The molecule has 1 rings (SSSR count). The molecule has 0 spiro atoms. The Morgan fingerprint density at radius 3 is 2.35 bits per heavy atom. The van der Waals surface area contributed by atoms with Crippen LogP contribution in [0.5, 0.6) is 0 Å². The standard InChI is InChI=1S/C15H24N2O2S/c1-5-11(10-18)16-14(19)17-12-6-8-13(9-7-12)20-15(2,3)4/h6-9,11,18H,5,10H2,1-4H3,(H2,16,17,19). The number of nitrogens with one attached hydrogen (secondary N) is 2. The molecule has 0 saturated carbocycles. The molecule has 1 atom stereocenters. The number of hydrogen-bond donors (Lipinski definition) is 3. The van der Waals surface area contributed by atoms with Gasteiger partial charge in [0.25, 0.3) is 0 Å². The molecule has 20 heavy (non-hydrogen) atoms. The Kier molecular flexibility index (Phi) is 6.36. The van der Waals surface area contributed by atoms with E-state index in [2.05, 4.69) is 31.4 Å². The molecule has 112 valence electrons. The van der Waals surface area contributed by atoms with Crippen LogP contribution in [0.1, 0.15) is 34.1 Å². The monoisotopic (exact) mass is 296 g/mol. The Morgan fingerprint density at radius 2 is 1.90 bits per heavy atom. The van der Waals surface area contributed by atoms with Crippen LogP contribution in [0.4, 0.5) is 10.5 Å².